The molecule has 2 aromatic carbocycles. The first-order chi connectivity index (χ1) is 12.6. The highest BCUT2D eigenvalue weighted by Crippen LogP contribution is 2.23. The molecule has 0 bridgehead atoms. The van der Waals surface area contributed by atoms with Gasteiger partial charge < -0.3 is 10.4 Å². The first-order valence-corrected chi connectivity index (χ1v) is 8.66. The number of hydrogen-bond donors (Lipinski definition) is 2. The number of aromatic nitrogens is 2. The Bertz CT molecular complexity index is 881. The van der Waals surface area contributed by atoms with Crippen molar-refractivity contribution in [3.05, 3.63) is 77.0 Å². The van der Waals surface area contributed by atoms with Crippen LogP contribution in [0.4, 0.5) is 0 Å². The number of aryl methyl sites for hydroxylation is 2. The van der Waals surface area contributed by atoms with Crippen molar-refractivity contribution in [3.8, 4) is 11.3 Å². The molecular weight excluding hydrogens is 326 g/mol. The van der Waals surface area contributed by atoms with E-state index in [2.05, 4.69) is 41.6 Å². The van der Waals surface area contributed by atoms with Gasteiger partial charge in [0.2, 0.25) is 0 Å². The van der Waals surface area contributed by atoms with Gasteiger partial charge in [-0.15, -0.1) is 0 Å². The van der Waals surface area contributed by atoms with Gasteiger partial charge in [-0.05, 0) is 19.4 Å². The van der Waals surface area contributed by atoms with E-state index in [1.54, 1.807) is 10.9 Å². The lowest BCUT2D eigenvalue weighted by Gasteiger charge is -2.04. The van der Waals surface area contributed by atoms with Crippen LogP contribution in [-0.2, 0) is 6.54 Å². The van der Waals surface area contributed by atoms with Gasteiger partial charge >= 0.3 is 0 Å². The van der Waals surface area contributed by atoms with Crippen LogP contribution in [0.15, 0.2) is 54.7 Å². The number of aliphatic hydroxyl groups is 1. The Hall–Kier alpha value is -2.92. The molecule has 0 aliphatic heterocycles. The number of nitrogens with one attached hydrogen (secondary N) is 1. The summed E-state index contributed by atoms with van der Waals surface area (Å²) in [5, 5.41) is 16.3. The zero-order valence-corrected chi connectivity index (χ0v) is 15.1. The quantitative estimate of drug-likeness (QED) is 0.719. The number of carbonyl (C=O) groups is 1. The number of hydrogen-bond acceptors (Lipinski definition) is 3. The normalized spacial score (nSPS) is 10.7. The fourth-order valence-electron chi connectivity index (χ4n) is 2.74. The summed E-state index contributed by atoms with van der Waals surface area (Å²) in [5.41, 5.74) is 5.53. The summed E-state index contributed by atoms with van der Waals surface area (Å²) in [5.74, 6) is -0.232. The first-order valence-electron chi connectivity index (χ1n) is 8.66. The first kappa shape index (κ1) is 17.9. The molecule has 26 heavy (non-hydrogen) atoms. The minimum Gasteiger partial charge on any atom is -0.395 e. The molecule has 0 saturated heterocycles. The molecule has 0 aliphatic carbocycles. The Balaban J connectivity index is 1.94. The average Bonchev–Trinajstić information content (AvgIpc) is 3.06. The van der Waals surface area contributed by atoms with Crippen LogP contribution in [0.3, 0.4) is 0 Å². The van der Waals surface area contributed by atoms with Crippen LogP contribution in [0.1, 0.15) is 27.0 Å². The topological polar surface area (TPSA) is 67.2 Å². The molecule has 0 fully saturated rings. The smallest absolute Gasteiger partial charge is 0.255 e. The lowest BCUT2D eigenvalue weighted by molar-refractivity contribution is 0.0945. The van der Waals surface area contributed by atoms with E-state index in [1.807, 2.05) is 31.2 Å². The van der Waals surface area contributed by atoms with Gasteiger partial charge in [0.25, 0.3) is 5.91 Å². The highest BCUT2D eigenvalue weighted by Gasteiger charge is 2.17. The minimum atomic E-state index is -0.232. The third-order valence-electron chi connectivity index (χ3n) is 4.19. The van der Waals surface area contributed by atoms with E-state index >= 15 is 0 Å². The third kappa shape index (κ3) is 4.18. The second kappa shape index (κ2) is 7.97. The molecule has 1 amide bonds. The molecule has 0 unspecified atom stereocenters. The monoisotopic (exact) mass is 349 g/mol. The maximum Gasteiger partial charge on any atom is 0.255 e. The second-order valence-corrected chi connectivity index (χ2v) is 6.42. The molecule has 5 heteroatoms. The SMILES string of the molecule is Cc1ccc(Cn2cc(C(=O)NCCO)c(-c3ccc(C)cc3)n2)cc1. The van der Waals surface area contributed by atoms with E-state index in [0.29, 0.717) is 17.8 Å². The second-order valence-electron chi connectivity index (χ2n) is 6.42. The molecule has 2 N–H and O–H groups in total. The van der Waals surface area contributed by atoms with Crippen molar-refractivity contribution in [2.75, 3.05) is 13.2 Å². The van der Waals surface area contributed by atoms with Crippen molar-refractivity contribution >= 4 is 5.91 Å². The van der Waals surface area contributed by atoms with E-state index in [9.17, 15) is 4.79 Å². The number of carbonyl (C=O) groups excluding carboxylic acids is 1. The molecular formula is C21H23N3O2. The Morgan fingerprint density at radius 2 is 1.65 bits per heavy atom. The number of nitrogens with zero attached hydrogens (tertiary/aromatic N) is 2. The number of rotatable bonds is 6. The fourth-order valence-corrected chi connectivity index (χ4v) is 2.74. The molecule has 0 spiro atoms. The Labute approximate surface area is 153 Å². The van der Waals surface area contributed by atoms with Gasteiger partial charge in [0.1, 0.15) is 5.69 Å². The largest absolute Gasteiger partial charge is 0.395 e. The van der Waals surface area contributed by atoms with Crippen molar-refractivity contribution in [1.29, 1.82) is 0 Å². The predicted octanol–water partition coefficient (Wildman–Crippen LogP) is 2.94. The van der Waals surface area contributed by atoms with Crippen LogP contribution in [0.5, 0.6) is 0 Å². The number of benzene rings is 2. The van der Waals surface area contributed by atoms with Crippen LogP contribution in [-0.4, -0.2) is 33.9 Å². The third-order valence-corrected chi connectivity index (χ3v) is 4.19. The molecule has 0 radical (unpaired) electrons. The van der Waals surface area contributed by atoms with Crippen molar-refractivity contribution in [3.63, 3.8) is 0 Å². The minimum absolute atomic E-state index is 0.0941. The number of amides is 1. The highest BCUT2D eigenvalue weighted by molar-refractivity contribution is 5.99. The van der Waals surface area contributed by atoms with Crippen LogP contribution >= 0.6 is 0 Å². The Morgan fingerprint density at radius 3 is 2.27 bits per heavy atom. The van der Waals surface area contributed by atoms with Gasteiger partial charge in [0.05, 0.1) is 18.7 Å². The molecule has 0 saturated carbocycles. The maximum absolute atomic E-state index is 12.5. The lowest BCUT2D eigenvalue weighted by atomic mass is 10.1. The lowest BCUT2D eigenvalue weighted by Crippen LogP contribution is -2.26. The summed E-state index contributed by atoms with van der Waals surface area (Å²) in [4.78, 5) is 12.5. The summed E-state index contributed by atoms with van der Waals surface area (Å²) >= 11 is 0. The van der Waals surface area contributed by atoms with Crippen molar-refractivity contribution < 1.29 is 9.90 Å². The molecule has 134 valence electrons. The Kier molecular flexibility index (Phi) is 5.49. The molecule has 3 aromatic rings. The standard InChI is InChI=1S/C21H23N3O2/c1-15-3-7-17(8-4-15)13-24-14-19(21(26)22-11-12-25)20(23-24)18-9-5-16(2)6-10-18/h3-10,14,25H,11-13H2,1-2H3,(H,22,26). The fraction of sp³-hybridized carbons (Fsp3) is 0.238. The molecule has 5 nitrogen and oxygen atoms in total. The van der Waals surface area contributed by atoms with Gasteiger partial charge in [-0.25, -0.2) is 0 Å². The van der Waals surface area contributed by atoms with Crippen molar-refractivity contribution in [2.45, 2.75) is 20.4 Å². The molecule has 1 aromatic heterocycles. The van der Waals surface area contributed by atoms with Gasteiger partial charge in [-0.2, -0.15) is 5.10 Å². The zero-order chi connectivity index (χ0) is 18.5. The highest BCUT2D eigenvalue weighted by atomic mass is 16.3. The predicted molar refractivity (Wildman–Crippen MR) is 102 cm³/mol. The number of aliphatic hydroxyl groups excluding tert-OH is 1. The maximum atomic E-state index is 12.5. The molecule has 1 heterocycles. The Morgan fingerprint density at radius 1 is 1.04 bits per heavy atom. The van der Waals surface area contributed by atoms with E-state index in [0.717, 1.165) is 16.7 Å². The van der Waals surface area contributed by atoms with Gasteiger partial charge in [0.15, 0.2) is 0 Å². The van der Waals surface area contributed by atoms with Gasteiger partial charge in [-0.3, -0.25) is 9.48 Å². The summed E-state index contributed by atoms with van der Waals surface area (Å²) in [6, 6.07) is 16.2. The van der Waals surface area contributed by atoms with Gasteiger partial charge in [0, 0.05) is 18.3 Å². The summed E-state index contributed by atoms with van der Waals surface area (Å²) in [6.45, 7) is 4.79. The zero-order valence-electron chi connectivity index (χ0n) is 15.1. The van der Waals surface area contributed by atoms with Crippen LogP contribution in [0.25, 0.3) is 11.3 Å². The van der Waals surface area contributed by atoms with Gasteiger partial charge in [-0.1, -0.05) is 59.7 Å². The van der Waals surface area contributed by atoms with Crippen LogP contribution < -0.4 is 5.32 Å². The molecule has 0 atom stereocenters. The molecule has 0 aliphatic rings. The van der Waals surface area contributed by atoms with Crippen LogP contribution in [0, 0.1) is 13.8 Å². The summed E-state index contributed by atoms with van der Waals surface area (Å²) in [7, 11) is 0. The van der Waals surface area contributed by atoms with Crippen molar-refractivity contribution in [2.24, 2.45) is 0 Å². The average molecular weight is 349 g/mol. The summed E-state index contributed by atoms with van der Waals surface area (Å²) in [6.07, 6.45) is 1.77. The van der Waals surface area contributed by atoms with Crippen molar-refractivity contribution in [1.82, 2.24) is 15.1 Å². The van der Waals surface area contributed by atoms with E-state index < -0.39 is 0 Å². The van der Waals surface area contributed by atoms with E-state index in [-0.39, 0.29) is 19.1 Å². The van der Waals surface area contributed by atoms with E-state index in [1.165, 1.54) is 5.56 Å². The summed E-state index contributed by atoms with van der Waals surface area (Å²) < 4.78 is 1.79. The molecule has 3 rings (SSSR count). The van der Waals surface area contributed by atoms with E-state index in [4.69, 9.17) is 5.11 Å². The van der Waals surface area contributed by atoms with Crippen LogP contribution in [0.2, 0.25) is 0 Å².